The minimum atomic E-state index is 0.563. The molecule has 0 amide bonds. The van der Waals surface area contributed by atoms with Crippen molar-refractivity contribution in [2.75, 3.05) is 11.7 Å². The van der Waals surface area contributed by atoms with Gasteiger partial charge in [-0.1, -0.05) is 11.8 Å². The Balaban J connectivity index is 2.66. The Morgan fingerprint density at radius 1 is 1.47 bits per heavy atom. The second kappa shape index (κ2) is 4.30. The highest BCUT2D eigenvalue weighted by atomic mass is 79.9. The number of rotatable bonds is 2. The van der Waals surface area contributed by atoms with Gasteiger partial charge in [-0.25, -0.2) is 20.8 Å². The molecule has 0 fully saturated rings. The van der Waals surface area contributed by atoms with E-state index in [1.807, 2.05) is 12.3 Å². The number of hydrazine groups is 1. The summed E-state index contributed by atoms with van der Waals surface area (Å²) in [5, 5.41) is 1.57. The molecule has 0 spiro atoms. The van der Waals surface area contributed by atoms with Gasteiger partial charge in [0.25, 0.3) is 0 Å². The minimum Gasteiger partial charge on any atom is -0.307 e. The highest BCUT2D eigenvalue weighted by Crippen LogP contribution is 2.24. The number of nitrogens with zero attached hydrogens (tertiary/aromatic N) is 3. The van der Waals surface area contributed by atoms with Gasteiger partial charge >= 0.3 is 0 Å². The van der Waals surface area contributed by atoms with Crippen LogP contribution in [0.25, 0.3) is 11.0 Å². The van der Waals surface area contributed by atoms with E-state index in [-0.39, 0.29) is 0 Å². The van der Waals surface area contributed by atoms with Crippen molar-refractivity contribution in [1.29, 1.82) is 0 Å². The Kier molecular flexibility index (Phi) is 3.03. The molecule has 15 heavy (non-hydrogen) atoms. The van der Waals surface area contributed by atoms with Crippen molar-refractivity contribution in [2.24, 2.45) is 5.84 Å². The SMILES string of the molecule is CSc1ncc2cc(Br)c(NN)nc2n1. The highest BCUT2D eigenvalue weighted by Gasteiger charge is 2.05. The third-order valence-electron chi connectivity index (χ3n) is 1.82. The molecule has 2 rings (SSSR count). The molecule has 0 atom stereocenters. The quantitative estimate of drug-likeness (QED) is 0.379. The summed E-state index contributed by atoms with van der Waals surface area (Å²) >= 11 is 4.82. The number of thioether (sulfide) groups is 1. The highest BCUT2D eigenvalue weighted by molar-refractivity contribution is 9.10. The van der Waals surface area contributed by atoms with Gasteiger partial charge in [0.2, 0.25) is 0 Å². The Hall–Kier alpha value is -0.920. The van der Waals surface area contributed by atoms with Crippen molar-refractivity contribution in [2.45, 2.75) is 5.16 Å². The van der Waals surface area contributed by atoms with Crippen molar-refractivity contribution >= 4 is 44.5 Å². The molecule has 5 nitrogen and oxygen atoms in total. The lowest BCUT2D eigenvalue weighted by Gasteiger charge is -2.04. The first-order valence-corrected chi connectivity index (χ1v) is 6.10. The van der Waals surface area contributed by atoms with E-state index in [4.69, 9.17) is 5.84 Å². The predicted molar refractivity (Wildman–Crippen MR) is 64.6 cm³/mol. The first-order chi connectivity index (χ1) is 7.24. The number of pyridine rings is 1. The van der Waals surface area contributed by atoms with Gasteiger partial charge in [-0.3, -0.25) is 0 Å². The smallest absolute Gasteiger partial charge is 0.189 e. The molecule has 0 unspecified atom stereocenters. The number of nitrogen functional groups attached to an aromatic ring is 1. The first kappa shape index (κ1) is 10.6. The van der Waals surface area contributed by atoms with Crippen LogP contribution in [-0.4, -0.2) is 21.2 Å². The van der Waals surface area contributed by atoms with Crippen LogP contribution in [0.15, 0.2) is 21.9 Å². The van der Waals surface area contributed by atoms with Crippen LogP contribution >= 0.6 is 27.7 Å². The molecule has 0 aliphatic rings. The summed E-state index contributed by atoms with van der Waals surface area (Å²) in [5.41, 5.74) is 3.13. The monoisotopic (exact) mass is 285 g/mol. The summed E-state index contributed by atoms with van der Waals surface area (Å²) in [6, 6.07) is 1.88. The Labute approximate surface area is 99.0 Å². The first-order valence-electron chi connectivity index (χ1n) is 4.08. The summed E-state index contributed by atoms with van der Waals surface area (Å²) in [7, 11) is 0. The molecule has 0 radical (unpaired) electrons. The number of nitrogens with two attached hydrogens (primary N) is 1. The van der Waals surface area contributed by atoms with E-state index in [0.29, 0.717) is 16.6 Å². The predicted octanol–water partition coefficient (Wildman–Crippen LogP) is 1.79. The van der Waals surface area contributed by atoms with Gasteiger partial charge in [0, 0.05) is 11.6 Å². The number of halogens is 1. The van der Waals surface area contributed by atoms with Crippen molar-refractivity contribution in [1.82, 2.24) is 15.0 Å². The molecule has 2 heterocycles. The maximum absolute atomic E-state index is 5.32. The number of nitrogens with one attached hydrogen (secondary N) is 1. The summed E-state index contributed by atoms with van der Waals surface area (Å²) in [6.07, 6.45) is 3.66. The van der Waals surface area contributed by atoms with Crippen LogP contribution in [0.5, 0.6) is 0 Å². The van der Waals surface area contributed by atoms with E-state index in [1.165, 1.54) is 11.8 Å². The standard InChI is InChI=1S/C8H8BrN5S/c1-15-8-11-3-4-2-5(9)7(14-10)12-6(4)13-8/h2-3H,10H2,1H3,(H,11,12,13,14). The zero-order valence-electron chi connectivity index (χ0n) is 7.86. The maximum atomic E-state index is 5.32. The van der Waals surface area contributed by atoms with Crippen LogP contribution in [-0.2, 0) is 0 Å². The van der Waals surface area contributed by atoms with Crippen molar-refractivity contribution in [3.8, 4) is 0 Å². The third kappa shape index (κ3) is 2.04. The Morgan fingerprint density at radius 2 is 2.27 bits per heavy atom. The molecule has 78 valence electrons. The molecule has 0 aliphatic heterocycles. The molecular weight excluding hydrogens is 278 g/mol. The van der Waals surface area contributed by atoms with Crippen LogP contribution in [0, 0.1) is 0 Å². The maximum Gasteiger partial charge on any atom is 0.189 e. The van der Waals surface area contributed by atoms with Gasteiger partial charge < -0.3 is 5.43 Å². The summed E-state index contributed by atoms with van der Waals surface area (Å²) in [5.74, 6) is 5.88. The lowest BCUT2D eigenvalue weighted by molar-refractivity contribution is 0.990. The van der Waals surface area contributed by atoms with E-state index >= 15 is 0 Å². The normalized spacial score (nSPS) is 10.6. The molecule has 0 bridgehead atoms. The molecule has 3 N–H and O–H groups in total. The van der Waals surface area contributed by atoms with Crippen molar-refractivity contribution in [3.63, 3.8) is 0 Å². The van der Waals surface area contributed by atoms with Crippen molar-refractivity contribution < 1.29 is 0 Å². The topological polar surface area (TPSA) is 76.7 Å². The average Bonchev–Trinajstić information content (AvgIpc) is 2.27. The summed E-state index contributed by atoms with van der Waals surface area (Å²) in [6.45, 7) is 0. The van der Waals surface area contributed by atoms with Crippen LogP contribution in [0.4, 0.5) is 5.82 Å². The van der Waals surface area contributed by atoms with E-state index < -0.39 is 0 Å². The fourth-order valence-electron chi connectivity index (χ4n) is 1.12. The van der Waals surface area contributed by atoms with Crippen molar-refractivity contribution in [3.05, 3.63) is 16.7 Å². The Bertz CT molecular complexity index is 504. The third-order valence-corrected chi connectivity index (χ3v) is 2.99. The van der Waals surface area contributed by atoms with Gasteiger partial charge in [0.1, 0.15) is 0 Å². The molecular formula is C8H8BrN5S. The van der Waals surface area contributed by atoms with Gasteiger partial charge in [0.05, 0.1) is 4.47 Å². The Morgan fingerprint density at radius 3 is 2.93 bits per heavy atom. The molecule has 0 aliphatic carbocycles. The minimum absolute atomic E-state index is 0.563. The largest absolute Gasteiger partial charge is 0.307 e. The van der Waals surface area contributed by atoms with Gasteiger partial charge in [-0.15, -0.1) is 0 Å². The number of hydrogen-bond acceptors (Lipinski definition) is 6. The van der Waals surface area contributed by atoms with Gasteiger partial charge in [-0.2, -0.15) is 0 Å². The lowest BCUT2D eigenvalue weighted by Crippen LogP contribution is -2.09. The molecule has 7 heteroatoms. The molecule has 0 saturated carbocycles. The van der Waals surface area contributed by atoms with Gasteiger partial charge in [0.15, 0.2) is 16.6 Å². The van der Waals surface area contributed by atoms with Crippen LogP contribution in [0.1, 0.15) is 0 Å². The van der Waals surface area contributed by atoms with E-state index in [1.54, 1.807) is 6.20 Å². The van der Waals surface area contributed by atoms with Crippen LogP contribution in [0.2, 0.25) is 0 Å². The van der Waals surface area contributed by atoms with Crippen LogP contribution < -0.4 is 11.3 Å². The van der Waals surface area contributed by atoms with E-state index in [0.717, 1.165) is 9.86 Å². The van der Waals surface area contributed by atoms with E-state index in [2.05, 4.69) is 36.3 Å². The zero-order valence-corrected chi connectivity index (χ0v) is 10.3. The van der Waals surface area contributed by atoms with E-state index in [9.17, 15) is 0 Å². The molecule has 0 saturated heterocycles. The fourth-order valence-corrected chi connectivity index (χ4v) is 1.91. The summed E-state index contributed by atoms with van der Waals surface area (Å²) in [4.78, 5) is 12.7. The number of anilines is 1. The van der Waals surface area contributed by atoms with Gasteiger partial charge in [-0.05, 0) is 28.3 Å². The number of fused-ring (bicyclic) bond motifs is 1. The lowest BCUT2D eigenvalue weighted by atomic mass is 10.3. The molecule has 2 aromatic heterocycles. The van der Waals surface area contributed by atoms with Crippen LogP contribution in [0.3, 0.4) is 0 Å². The fraction of sp³-hybridized carbons (Fsp3) is 0.125. The summed E-state index contributed by atoms with van der Waals surface area (Å²) < 4.78 is 0.790. The molecule has 2 aromatic rings. The second-order valence-electron chi connectivity index (χ2n) is 2.73. The average molecular weight is 286 g/mol. The molecule has 0 aromatic carbocycles. The number of hydrogen-bond donors (Lipinski definition) is 2. The second-order valence-corrected chi connectivity index (χ2v) is 4.36. The zero-order chi connectivity index (χ0) is 10.8. The number of aromatic nitrogens is 3.